The largest absolute Gasteiger partial charge is 0.493 e. The highest BCUT2D eigenvalue weighted by Crippen LogP contribution is 2.36. The predicted molar refractivity (Wildman–Crippen MR) is 193 cm³/mol. The SMILES string of the molecule is COCCCOc1cc(C[C@H](CC2C(C[C@H](C(=O)NCC(C)(C)C(N)=O)C(C)C)OCN2C(=O)O[C@@H](C)OC(=O)C(C)C)C(C)C)ccc1OC. The van der Waals surface area contributed by atoms with E-state index in [1.54, 1.807) is 41.9 Å². The molecule has 0 aliphatic carbocycles. The van der Waals surface area contributed by atoms with E-state index < -0.39 is 47.7 Å². The molecule has 1 saturated heterocycles. The number of methoxy groups -OCH3 is 2. The molecule has 0 spiro atoms. The fourth-order valence-electron chi connectivity index (χ4n) is 5.82. The van der Waals surface area contributed by atoms with E-state index in [1.807, 2.05) is 32.0 Å². The number of benzene rings is 1. The van der Waals surface area contributed by atoms with E-state index >= 15 is 0 Å². The minimum absolute atomic E-state index is 0.0486. The number of nitrogens with two attached hydrogens (primary N) is 1. The molecule has 3 N–H and O–H groups in total. The first kappa shape index (κ1) is 43.6. The molecule has 1 aromatic carbocycles. The highest BCUT2D eigenvalue weighted by atomic mass is 16.7. The van der Waals surface area contributed by atoms with Crippen LogP contribution in [0.3, 0.4) is 0 Å². The molecule has 3 amide bonds. The summed E-state index contributed by atoms with van der Waals surface area (Å²) in [6.07, 6.45) is 0.0396. The van der Waals surface area contributed by atoms with Crippen LogP contribution in [0.1, 0.15) is 87.1 Å². The Balaban J connectivity index is 2.38. The second kappa shape index (κ2) is 20.5. The Labute approximate surface area is 304 Å². The number of nitrogens with one attached hydrogen (secondary N) is 1. The second-order valence-electron chi connectivity index (χ2n) is 15.1. The monoisotopic (exact) mass is 721 g/mol. The van der Waals surface area contributed by atoms with E-state index in [2.05, 4.69) is 19.2 Å². The molecule has 0 saturated carbocycles. The highest BCUT2D eigenvalue weighted by Gasteiger charge is 2.43. The van der Waals surface area contributed by atoms with Gasteiger partial charge in [0.1, 0.15) is 6.73 Å². The number of carbonyl (C=O) groups excluding carboxylic acids is 4. The Morgan fingerprint density at radius 2 is 1.65 bits per heavy atom. The number of esters is 1. The van der Waals surface area contributed by atoms with Crippen molar-refractivity contribution in [3.8, 4) is 11.5 Å². The van der Waals surface area contributed by atoms with Crippen molar-refractivity contribution in [1.29, 1.82) is 0 Å². The number of carbonyl (C=O) groups is 4. The smallest absolute Gasteiger partial charge is 0.415 e. The van der Waals surface area contributed by atoms with E-state index in [0.717, 1.165) is 12.0 Å². The number of ether oxygens (including phenoxy) is 6. The summed E-state index contributed by atoms with van der Waals surface area (Å²) in [5.41, 5.74) is 5.67. The van der Waals surface area contributed by atoms with Gasteiger partial charge in [-0.3, -0.25) is 19.3 Å². The summed E-state index contributed by atoms with van der Waals surface area (Å²) in [7, 11) is 3.26. The Morgan fingerprint density at radius 3 is 2.22 bits per heavy atom. The summed E-state index contributed by atoms with van der Waals surface area (Å²) < 4.78 is 33.9. The molecule has 0 aromatic heterocycles. The maximum atomic E-state index is 13.6. The molecule has 0 radical (unpaired) electrons. The summed E-state index contributed by atoms with van der Waals surface area (Å²) in [6, 6.07) is 5.46. The maximum absolute atomic E-state index is 13.6. The average Bonchev–Trinajstić information content (AvgIpc) is 3.45. The minimum Gasteiger partial charge on any atom is -0.493 e. The zero-order valence-electron chi connectivity index (χ0n) is 32.6. The van der Waals surface area contributed by atoms with E-state index in [9.17, 15) is 19.2 Å². The van der Waals surface area contributed by atoms with E-state index in [0.29, 0.717) is 44.0 Å². The Hall–Kier alpha value is -3.58. The lowest BCUT2D eigenvalue weighted by molar-refractivity contribution is -0.170. The molecule has 1 heterocycles. The third-order valence-corrected chi connectivity index (χ3v) is 9.47. The lowest BCUT2D eigenvalue weighted by atomic mass is 9.80. The molecule has 1 aliphatic rings. The molecule has 2 unspecified atom stereocenters. The third-order valence-electron chi connectivity index (χ3n) is 9.47. The summed E-state index contributed by atoms with van der Waals surface area (Å²) in [6.45, 7) is 17.6. The first-order chi connectivity index (χ1) is 23.9. The molecule has 1 fully saturated rings. The van der Waals surface area contributed by atoms with Gasteiger partial charge in [-0.25, -0.2) is 4.79 Å². The third kappa shape index (κ3) is 13.5. The van der Waals surface area contributed by atoms with Gasteiger partial charge in [0.15, 0.2) is 11.5 Å². The predicted octanol–water partition coefficient (Wildman–Crippen LogP) is 5.31. The van der Waals surface area contributed by atoms with E-state index in [1.165, 1.54) is 11.8 Å². The van der Waals surface area contributed by atoms with Crippen molar-refractivity contribution >= 4 is 23.9 Å². The summed E-state index contributed by atoms with van der Waals surface area (Å²) >= 11 is 0. The number of nitrogens with zero attached hydrogens (tertiary/aromatic N) is 1. The lowest BCUT2D eigenvalue weighted by Gasteiger charge is -2.33. The molecule has 1 aliphatic heterocycles. The van der Waals surface area contributed by atoms with Crippen LogP contribution in [0.5, 0.6) is 11.5 Å². The van der Waals surface area contributed by atoms with Gasteiger partial charge in [0, 0.05) is 39.5 Å². The molecule has 13 nitrogen and oxygen atoms in total. The van der Waals surface area contributed by atoms with Crippen LogP contribution in [-0.4, -0.2) is 87.9 Å². The standard InChI is InChI=1S/C38H63N3O10/c1-23(2)28(17-27-13-14-31(47-11)33(18-27)48-16-12-15-46-10)19-30-32(20-29(24(3)4)34(42)40-21-38(8,9)36(39)44)49-22-41(30)37(45)51-26(7)50-35(43)25(5)6/h13-14,18,23-26,28-30,32H,12,15-17,19-22H2,1-11H3,(H2,39,44)(H,40,42)/t26-,28+,29-,30?,32?/m0/s1. The van der Waals surface area contributed by atoms with Gasteiger partial charge >= 0.3 is 12.1 Å². The summed E-state index contributed by atoms with van der Waals surface area (Å²) in [4.78, 5) is 52.8. The van der Waals surface area contributed by atoms with Crippen molar-refractivity contribution in [1.82, 2.24) is 10.2 Å². The van der Waals surface area contributed by atoms with Crippen LogP contribution in [0.15, 0.2) is 18.2 Å². The first-order valence-electron chi connectivity index (χ1n) is 18.1. The van der Waals surface area contributed by atoms with Crippen LogP contribution in [0, 0.1) is 35.0 Å². The first-order valence-corrected chi connectivity index (χ1v) is 18.1. The van der Waals surface area contributed by atoms with Gasteiger partial charge in [-0.1, -0.05) is 47.6 Å². The van der Waals surface area contributed by atoms with Gasteiger partial charge in [-0.2, -0.15) is 0 Å². The Kier molecular flexibility index (Phi) is 17.5. The molecule has 2 rings (SSSR count). The van der Waals surface area contributed by atoms with Crippen molar-refractivity contribution in [3.63, 3.8) is 0 Å². The van der Waals surface area contributed by atoms with Crippen LogP contribution in [0.2, 0.25) is 0 Å². The molecular formula is C38H63N3O10. The molecule has 290 valence electrons. The quantitative estimate of drug-likeness (QED) is 0.0965. The number of hydrogen-bond acceptors (Lipinski definition) is 10. The number of amides is 3. The van der Waals surface area contributed by atoms with Gasteiger partial charge < -0.3 is 39.5 Å². The van der Waals surface area contributed by atoms with Crippen molar-refractivity contribution in [2.45, 2.75) is 106 Å². The minimum atomic E-state index is -1.10. The fourth-order valence-corrected chi connectivity index (χ4v) is 5.82. The fraction of sp³-hybridized carbons (Fsp3) is 0.737. The molecule has 1 aromatic rings. The zero-order valence-corrected chi connectivity index (χ0v) is 32.6. The Bertz CT molecular complexity index is 1280. The van der Waals surface area contributed by atoms with E-state index in [4.69, 9.17) is 34.2 Å². The topological polar surface area (TPSA) is 165 Å². The number of hydrogen-bond donors (Lipinski definition) is 2. The molecule has 51 heavy (non-hydrogen) atoms. The summed E-state index contributed by atoms with van der Waals surface area (Å²) in [5.74, 6) is -0.533. The molecular weight excluding hydrogens is 658 g/mol. The van der Waals surface area contributed by atoms with Crippen molar-refractivity contribution in [3.05, 3.63) is 23.8 Å². The normalized spacial score (nSPS) is 18.0. The van der Waals surface area contributed by atoms with Crippen molar-refractivity contribution in [2.24, 2.45) is 40.7 Å². The van der Waals surface area contributed by atoms with Crippen LogP contribution in [0.4, 0.5) is 4.79 Å². The van der Waals surface area contributed by atoms with Crippen LogP contribution in [-0.2, 0) is 39.8 Å². The van der Waals surface area contributed by atoms with Gasteiger partial charge in [0.2, 0.25) is 18.1 Å². The molecule has 5 atom stereocenters. The second-order valence-corrected chi connectivity index (χ2v) is 15.1. The number of primary amides is 1. The molecule has 0 bridgehead atoms. The highest BCUT2D eigenvalue weighted by molar-refractivity contribution is 5.83. The van der Waals surface area contributed by atoms with E-state index in [-0.39, 0.29) is 42.9 Å². The van der Waals surface area contributed by atoms with Gasteiger partial charge in [-0.15, -0.1) is 0 Å². The molecule has 13 heteroatoms. The maximum Gasteiger partial charge on any atom is 0.415 e. The van der Waals surface area contributed by atoms with Gasteiger partial charge in [0.05, 0.1) is 37.2 Å². The van der Waals surface area contributed by atoms with Crippen LogP contribution < -0.4 is 20.5 Å². The van der Waals surface area contributed by atoms with Crippen molar-refractivity contribution < 1.29 is 47.6 Å². The lowest BCUT2D eigenvalue weighted by Crippen LogP contribution is -2.47. The van der Waals surface area contributed by atoms with Crippen molar-refractivity contribution in [2.75, 3.05) is 40.7 Å². The zero-order chi connectivity index (χ0) is 38.5. The average molecular weight is 722 g/mol. The van der Waals surface area contributed by atoms with Crippen LogP contribution in [0.25, 0.3) is 0 Å². The van der Waals surface area contributed by atoms with Gasteiger partial charge in [-0.05, 0) is 68.6 Å². The van der Waals surface area contributed by atoms with Crippen LogP contribution >= 0.6 is 0 Å². The Morgan fingerprint density at radius 1 is 0.961 bits per heavy atom. The summed E-state index contributed by atoms with van der Waals surface area (Å²) in [5, 5.41) is 2.91. The van der Waals surface area contributed by atoms with Gasteiger partial charge in [0.25, 0.3) is 0 Å². The number of rotatable bonds is 21.